The number of hydrogen-bond acceptors (Lipinski definition) is 4. The van der Waals surface area contributed by atoms with Crippen LogP contribution < -0.4 is 0 Å². The van der Waals surface area contributed by atoms with Crippen molar-refractivity contribution in [2.75, 3.05) is 13.3 Å². The topological polar surface area (TPSA) is 51.0 Å². The maximum Gasteiger partial charge on any atom is 0.254 e. The van der Waals surface area contributed by atoms with Gasteiger partial charge in [0.2, 0.25) is 0 Å². The predicted molar refractivity (Wildman–Crippen MR) is 114 cm³/mol. The van der Waals surface area contributed by atoms with E-state index in [0.29, 0.717) is 18.0 Å². The van der Waals surface area contributed by atoms with Crippen LogP contribution in [0, 0.1) is 0 Å². The lowest BCUT2D eigenvalue weighted by molar-refractivity contribution is 0.0787. The van der Waals surface area contributed by atoms with E-state index in [1.54, 1.807) is 22.9 Å². The molecule has 1 aliphatic rings. The van der Waals surface area contributed by atoms with E-state index >= 15 is 0 Å². The van der Waals surface area contributed by atoms with E-state index in [-0.39, 0.29) is 11.9 Å². The van der Waals surface area contributed by atoms with E-state index in [1.165, 1.54) is 4.90 Å². The monoisotopic (exact) mass is 394 g/mol. The van der Waals surface area contributed by atoms with Gasteiger partial charge in [0.1, 0.15) is 0 Å². The first-order valence-corrected chi connectivity index (χ1v) is 11.0. The van der Waals surface area contributed by atoms with Crippen LogP contribution in [0.5, 0.6) is 0 Å². The summed E-state index contributed by atoms with van der Waals surface area (Å²) in [5.74, 6) is 0.502. The minimum absolute atomic E-state index is 0.0200. The summed E-state index contributed by atoms with van der Waals surface area (Å²) in [6, 6.07) is 10.6. The van der Waals surface area contributed by atoms with E-state index in [4.69, 9.17) is 4.98 Å². The van der Waals surface area contributed by atoms with Crippen molar-refractivity contribution in [2.24, 2.45) is 0 Å². The van der Waals surface area contributed by atoms with Gasteiger partial charge in [-0.1, -0.05) is 12.1 Å². The van der Waals surface area contributed by atoms with Crippen LogP contribution in [0.1, 0.15) is 60.3 Å². The first-order chi connectivity index (χ1) is 13.5. The third kappa shape index (κ3) is 3.65. The van der Waals surface area contributed by atoms with Crippen LogP contribution in [0.15, 0.2) is 41.4 Å². The Morgan fingerprint density at radius 1 is 1.29 bits per heavy atom. The molecule has 1 amide bonds. The molecule has 0 unspecified atom stereocenters. The van der Waals surface area contributed by atoms with Gasteiger partial charge in [-0.15, -0.1) is 11.8 Å². The van der Waals surface area contributed by atoms with Gasteiger partial charge in [0.15, 0.2) is 5.65 Å². The quantitative estimate of drug-likeness (QED) is 0.559. The highest BCUT2D eigenvalue weighted by Crippen LogP contribution is 2.40. The summed E-state index contributed by atoms with van der Waals surface area (Å²) in [5, 5.41) is 5.34. The lowest BCUT2D eigenvalue weighted by Crippen LogP contribution is -2.26. The number of thioether (sulfide) groups is 1. The molecule has 1 aromatic carbocycles. The van der Waals surface area contributed by atoms with Gasteiger partial charge in [0.25, 0.3) is 5.91 Å². The molecule has 28 heavy (non-hydrogen) atoms. The maximum absolute atomic E-state index is 13.3. The smallest absolute Gasteiger partial charge is 0.254 e. The second kappa shape index (κ2) is 7.59. The number of rotatable bonds is 6. The number of carbonyl (C=O) groups excluding carboxylic acids is 1. The van der Waals surface area contributed by atoms with Crippen molar-refractivity contribution in [3.8, 4) is 0 Å². The fourth-order valence-corrected chi connectivity index (χ4v) is 3.87. The standard InChI is InChI=1S/C22H26N4OS/c1-14(2)26-21-19(12-23-26)18(11-20(24-21)16-7-8-16)22(27)25(3)13-15-5-9-17(28-4)10-6-15/h5-6,9-12,14,16H,7-8,13H2,1-4H3. The zero-order chi connectivity index (χ0) is 19.8. The number of amides is 1. The lowest BCUT2D eigenvalue weighted by atomic mass is 10.1. The molecule has 1 fully saturated rings. The van der Waals surface area contributed by atoms with E-state index in [9.17, 15) is 4.79 Å². The average Bonchev–Trinajstić information content (AvgIpc) is 3.46. The van der Waals surface area contributed by atoms with E-state index in [1.807, 2.05) is 17.8 Å². The molecule has 0 N–H and O–H groups in total. The summed E-state index contributed by atoms with van der Waals surface area (Å²) in [6.45, 7) is 4.75. The van der Waals surface area contributed by atoms with Crippen molar-refractivity contribution in [3.63, 3.8) is 0 Å². The normalized spacial score (nSPS) is 14.0. The Morgan fingerprint density at radius 3 is 2.61 bits per heavy atom. The van der Waals surface area contributed by atoms with Crippen LogP contribution in [0.3, 0.4) is 0 Å². The Bertz CT molecular complexity index is 1010. The second-order valence-electron chi connectivity index (χ2n) is 7.80. The molecular weight excluding hydrogens is 368 g/mol. The number of hydrogen-bond donors (Lipinski definition) is 0. The highest BCUT2D eigenvalue weighted by molar-refractivity contribution is 7.98. The summed E-state index contributed by atoms with van der Waals surface area (Å²) in [7, 11) is 1.86. The SMILES string of the molecule is CSc1ccc(CN(C)C(=O)c2cc(C3CC3)nc3c2cnn3C(C)C)cc1. The van der Waals surface area contributed by atoms with Gasteiger partial charge in [-0.25, -0.2) is 9.67 Å². The Morgan fingerprint density at radius 2 is 2.00 bits per heavy atom. The van der Waals surface area contributed by atoms with Crippen molar-refractivity contribution < 1.29 is 4.79 Å². The fourth-order valence-electron chi connectivity index (χ4n) is 3.46. The number of fused-ring (bicyclic) bond motifs is 1. The number of benzene rings is 1. The zero-order valence-electron chi connectivity index (χ0n) is 16.8. The minimum atomic E-state index is 0.0200. The van der Waals surface area contributed by atoms with E-state index in [0.717, 1.165) is 35.1 Å². The van der Waals surface area contributed by atoms with Crippen LogP contribution in [0.2, 0.25) is 0 Å². The molecule has 146 valence electrons. The fraction of sp³-hybridized carbons (Fsp3) is 0.409. The summed E-state index contributed by atoms with van der Waals surface area (Å²) in [5.41, 5.74) is 3.68. The summed E-state index contributed by atoms with van der Waals surface area (Å²) >= 11 is 1.72. The van der Waals surface area contributed by atoms with Crippen LogP contribution in [-0.4, -0.2) is 38.9 Å². The first kappa shape index (κ1) is 19.0. The van der Waals surface area contributed by atoms with Crippen molar-refractivity contribution >= 4 is 28.7 Å². The summed E-state index contributed by atoms with van der Waals surface area (Å²) in [6.07, 6.45) is 6.15. The van der Waals surface area contributed by atoms with E-state index < -0.39 is 0 Å². The van der Waals surface area contributed by atoms with Gasteiger partial charge in [0, 0.05) is 36.1 Å². The number of nitrogens with zero attached hydrogens (tertiary/aromatic N) is 4. The lowest BCUT2D eigenvalue weighted by Gasteiger charge is -2.19. The molecule has 3 aromatic rings. The molecule has 1 saturated carbocycles. The van der Waals surface area contributed by atoms with Crippen molar-refractivity contribution in [3.05, 3.63) is 53.3 Å². The Hall–Kier alpha value is -2.34. The molecule has 6 heteroatoms. The molecule has 0 radical (unpaired) electrons. The molecule has 1 aliphatic carbocycles. The highest BCUT2D eigenvalue weighted by atomic mass is 32.2. The first-order valence-electron chi connectivity index (χ1n) is 9.74. The Balaban J connectivity index is 1.67. The van der Waals surface area contributed by atoms with Crippen LogP contribution in [-0.2, 0) is 6.54 Å². The minimum Gasteiger partial charge on any atom is -0.337 e. The van der Waals surface area contributed by atoms with Crippen molar-refractivity contribution in [1.82, 2.24) is 19.7 Å². The third-order valence-electron chi connectivity index (χ3n) is 5.23. The Labute approximate surface area is 170 Å². The van der Waals surface area contributed by atoms with E-state index in [2.05, 4.69) is 49.5 Å². The molecule has 0 saturated heterocycles. The summed E-state index contributed by atoms with van der Waals surface area (Å²) in [4.78, 5) is 21.2. The second-order valence-corrected chi connectivity index (χ2v) is 8.68. The molecule has 5 nitrogen and oxygen atoms in total. The van der Waals surface area contributed by atoms with Gasteiger partial charge in [-0.3, -0.25) is 4.79 Å². The van der Waals surface area contributed by atoms with Crippen LogP contribution in [0.4, 0.5) is 0 Å². The highest BCUT2D eigenvalue weighted by Gasteiger charge is 2.29. The predicted octanol–water partition coefficient (Wildman–Crippen LogP) is 4.88. The van der Waals surface area contributed by atoms with Gasteiger partial charge < -0.3 is 4.90 Å². The zero-order valence-corrected chi connectivity index (χ0v) is 17.7. The van der Waals surface area contributed by atoms with Crippen LogP contribution in [0.25, 0.3) is 11.0 Å². The Kier molecular flexibility index (Phi) is 5.15. The molecule has 0 bridgehead atoms. The number of pyridine rings is 1. The molecule has 0 atom stereocenters. The van der Waals surface area contributed by atoms with Gasteiger partial charge in [0.05, 0.1) is 17.1 Å². The molecule has 4 rings (SSSR count). The average molecular weight is 395 g/mol. The molecule has 0 spiro atoms. The molecular formula is C22H26N4OS. The van der Waals surface area contributed by atoms with Gasteiger partial charge >= 0.3 is 0 Å². The summed E-state index contributed by atoms with van der Waals surface area (Å²) < 4.78 is 1.92. The van der Waals surface area contributed by atoms with Crippen molar-refractivity contribution in [2.45, 2.75) is 50.1 Å². The van der Waals surface area contributed by atoms with Gasteiger partial charge in [-0.2, -0.15) is 5.10 Å². The number of carbonyl (C=O) groups is 1. The van der Waals surface area contributed by atoms with Gasteiger partial charge in [-0.05, 0) is 56.7 Å². The molecule has 2 aromatic heterocycles. The number of aromatic nitrogens is 3. The molecule has 0 aliphatic heterocycles. The van der Waals surface area contributed by atoms with Crippen molar-refractivity contribution in [1.29, 1.82) is 0 Å². The molecule has 2 heterocycles. The maximum atomic E-state index is 13.3. The largest absolute Gasteiger partial charge is 0.337 e. The third-order valence-corrected chi connectivity index (χ3v) is 5.97. The van der Waals surface area contributed by atoms with Crippen LogP contribution >= 0.6 is 11.8 Å².